The molecular formula is C28H19FNO6-. The van der Waals surface area contributed by atoms with Gasteiger partial charge in [-0.05, 0) is 41.8 Å². The Labute approximate surface area is 203 Å². The van der Waals surface area contributed by atoms with Gasteiger partial charge in [0.2, 0.25) is 5.91 Å². The van der Waals surface area contributed by atoms with Crippen molar-refractivity contribution < 1.29 is 27.9 Å². The van der Waals surface area contributed by atoms with Crippen molar-refractivity contribution in [2.24, 2.45) is 0 Å². The van der Waals surface area contributed by atoms with Crippen molar-refractivity contribution in [2.45, 2.75) is 19.4 Å². The number of carboxylic acid groups (broad SMARTS) is 1. The molecule has 0 bridgehead atoms. The Balaban J connectivity index is 1.51. The Morgan fingerprint density at radius 3 is 2.42 bits per heavy atom. The summed E-state index contributed by atoms with van der Waals surface area (Å²) in [5.74, 6) is -2.49. The highest BCUT2D eigenvalue weighted by Gasteiger charge is 2.20. The van der Waals surface area contributed by atoms with Crippen LogP contribution in [-0.4, -0.2) is 11.9 Å². The Morgan fingerprint density at radius 1 is 1.00 bits per heavy atom. The molecule has 5 rings (SSSR count). The van der Waals surface area contributed by atoms with Gasteiger partial charge in [0.1, 0.15) is 17.0 Å². The number of aliphatic carboxylic acids is 1. The maximum Gasteiger partial charge on any atom is 0.340 e. The summed E-state index contributed by atoms with van der Waals surface area (Å²) in [6, 6.07) is 16.1. The lowest BCUT2D eigenvalue weighted by atomic mass is 9.99. The number of carboxylic acids is 1. The highest BCUT2D eigenvalue weighted by Crippen LogP contribution is 2.34. The van der Waals surface area contributed by atoms with Crippen LogP contribution in [0.15, 0.2) is 86.6 Å². The van der Waals surface area contributed by atoms with E-state index in [4.69, 9.17) is 8.83 Å². The van der Waals surface area contributed by atoms with Crippen LogP contribution in [0, 0.1) is 12.7 Å². The van der Waals surface area contributed by atoms with Crippen LogP contribution < -0.4 is 16.0 Å². The number of hydrogen-bond acceptors (Lipinski definition) is 6. The zero-order valence-corrected chi connectivity index (χ0v) is 19.0. The van der Waals surface area contributed by atoms with Gasteiger partial charge in [0, 0.05) is 22.4 Å². The van der Waals surface area contributed by atoms with Crippen LogP contribution in [0.3, 0.4) is 0 Å². The molecule has 0 saturated heterocycles. The van der Waals surface area contributed by atoms with Crippen LogP contribution in [0.25, 0.3) is 33.1 Å². The Bertz CT molecular complexity index is 1670. The number of carbonyl (C=O) groups excluding carboxylic acids is 2. The lowest BCUT2D eigenvalue weighted by molar-refractivity contribution is -0.308. The molecule has 0 radical (unpaired) electrons. The number of aryl methyl sites for hydroxylation is 1. The van der Waals surface area contributed by atoms with Gasteiger partial charge in [-0.1, -0.05) is 42.5 Å². The van der Waals surface area contributed by atoms with E-state index >= 15 is 0 Å². The van der Waals surface area contributed by atoms with Gasteiger partial charge < -0.3 is 24.1 Å². The molecule has 1 amide bonds. The van der Waals surface area contributed by atoms with Crippen molar-refractivity contribution in [3.05, 3.63) is 106 Å². The number of rotatable bonds is 6. The predicted octanol–water partition coefficient (Wildman–Crippen LogP) is 3.80. The first-order valence-electron chi connectivity index (χ1n) is 11.1. The largest absolute Gasteiger partial charge is 0.548 e. The van der Waals surface area contributed by atoms with Crippen molar-refractivity contribution in [1.29, 1.82) is 0 Å². The van der Waals surface area contributed by atoms with Crippen molar-refractivity contribution in [1.82, 2.24) is 5.32 Å². The first-order chi connectivity index (χ1) is 17.3. The molecule has 180 valence electrons. The van der Waals surface area contributed by atoms with E-state index in [0.717, 1.165) is 16.5 Å². The molecule has 1 atom stereocenters. The maximum atomic E-state index is 13.4. The van der Waals surface area contributed by atoms with Crippen molar-refractivity contribution >= 4 is 33.8 Å². The normalized spacial score (nSPS) is 12.1. The number of carbonyl (C=O) groups is 2. The van der Waals surface area contributed by atoms with Crippen LogP contribution in [0.2, 0.25) is 0 Å². The lowest BCUT2D eigenvalue weighted by Crippen LogP contribution is -2.42. The molecule has 3 aromatic carbocycles. The summed E-state index contributed by atoms with van der Waals surface area (Å²) < 4.78 is 24.5. The second-order valence-electron chi connectivity index (χ2n) is 8.40. The Hall–Kier alpha value is -4.72. The van der Waals surface area contributed by atoms with Gasteiger partial charge in [-0.2, -0.15) is 0 Å². The SMILES string of the molecule is Cc1c(CC(=O)N[C@H](C(=O)[O-])c2ccccc2)c(=O)oc2cc3occ(-c4ccc(F)cc4)c3cc12. The van der Waals surface area contributed by atoms with Gasteiger partial charge in [0.05, 0.1) is 30.3 Å². The molecule has 8 heteroatoms. The van der Waals surface area contributed by atoms with E-state index in [1.54, 1.807) is 67.8 Å². The summed E-state index contributed by atoms with van der Waals surface area (Å²) in [7, 11) is 0. The summed E-state index contributed by atoms with van der Waals surface area (Å²) in [5, 5.41) is 15.4. The standard InChI is InChI=1S/C28H20FNO6/c1-15-19-11-21-22(16-7-9-18(29)10-8-16)14-35-23(21)13-24(19)36-28(34)20(15)12-25(31)30-26(27(32)33)17-5-3-2-4-6-17/h2-11,13-14,26H,12H2,1H3,(H,30,31)(H,32,33)/p-1/t26-/m0/s1. The molecule has 1 N–H and O–H groups in total. The molecule has 0 saturated carbocycles. The number of amides is 1. The topological polar surface area (TPSA) is 113 Å². The average Bonchev–Trinajstić information content (AvgIpc) is 3.27. The summed E-state index contributed by atoms with van der Waals surface area (Å²) in [6.07, 6.45) is 1.16. The highest BCUT2D eigenvalue weighted by atomic mass is 19.1. The third-order valence-electron chi connectivity index (χ3n) is 6.15. The van der Waals surface area contributed by atoms with Gasteiger partial charge in [0.15, 0.2) is 0 Å². The number of furan rings is 1. The van der Waals surface area contributed by atoms with Gasteiger partial charge in [-0.15, -0.1) is 0 Å². The smallest absolute Gasteiger partial charge is 0.340 e. The van der Waals surface area contributed by atoms with Gasteiger partial charge >= 0.3 is 5.63 Å². The zero-order valence-electron chi connectivity index (χ0n) is 19.0. The van der Waals surface area contributed by atoms with E-state index < -0.39 is 23.5 Å². The second kappa shape index (κ2) is 9.14. The fraction of sp³-hybridized carbons (Fsp3) is 0.107. The molecule has 0 spiro atoms. The van der Waals surface area contributed by atoms with E-state index in [1.165, 1.54) is 12.1 Å². The first-order valence-corrected chi connectivity index (χ1v) is 11.1. The summed E-state index contributed by atoms with van der Waals surface area (Å²) in [6.45, 7) is 1.69. The molecular weight excluding hydrogens is 465 g/mol. The number of benzene rings is 3. The Morgan fingerprint density at radius 2 is 1.72 bits per heavy atom. The van der Waals surface area contributed by atoms with Crippen LogP contribution in [0.4, 0.5) is 4.39 Å². The number of hydrogen-bond donors (Lipinski definition) is 1. The predicted molar refractivity (Wildman–Crippen MR) is 128 cm³/mol. The molecule has 0 aliphatic heterocycles. The molecule has 0 fully saturated rings. The second-order valence-corrected chi connectivity index (χ2v) is 8.40. The fourth-order valence-electron chi connectivity index (χ4n) is 4.26. The summed E-state index contributed by atoms with van der Waals surface area (Å²) in [4.78, 5) is 37.1. The quantitative estimate of drug-likeness (QED) is 0.367. The molecule has 5 aromatic rings. The molecule has 0 aliphatic carbocycles. The summed E-state index contributed by atoms with van der Waals surface area (Å²) >= 11 is 0. The van der Waals surface area contributed by atoms with Crippen LogP contribution in [-0.2, 0) is 16.0 Å². The molecule has 2 heterocycles. The molecule has 0 unspecified atom stereocenters. The number of fused-ring (bicyclic) bond motifs is 2. The van der Waals surface area contributed by atoms with E-state index in [1.807, 2.05) is 0 Å². The first kappa shape index (κ1) is 23.0. The van der Waals surface area contributed by atoms with Crippen LogP contribution in [0.5, 0.6) is 0 Å². The monoisotopic (exact) mass is 484 g/mol. The minimum Gasteiger partial charge on any atom is -0.548 e. The number of nitrogens with one attached hydrogen (secondary N) is 1. The van der Waals surface area contributed by atoms with Gasteiger partial charge in [-0.25, -0.2) is 9.18 Å². The van der Waals surface area contributed by atoms with E-state index in [2.05, 4.69) is 5.32 Å². The minimum atomic E-state index is -1.47. The average molecular weight is 484 g/mol. The third-order valence-corrected chi connectivity index (χ3v) is 6.15. The molecule has 2 aromatic heterocycles. The third kappa shape index (κ3) is 4.24. The number of halogens is 1. The fourth-order valence-corrected chi connectivity index (χ4v) is 4.26. The van der Waals surface area contributed by atoms with Gasteiger partial charge in [0.25, 0.3) is 0 Å². The Kier molecular flexibility index (Phi) is 5.85. The van der Waals surface area contributed by atoms with Crippen LogP contribution in [0.1, 0.15) is 22.7 Å². The van der Waals surface area contributed by atoms with E-state index in [-0.39, 0.29) is 23.4 Å². The minimum absolute atomic E-state index is 0.108. The molecule has 36 heavy (non-hydrogen) atoms. The summed E-state index contributed by atoms with van der Waals surface area (Å²) in [5.41, 5.74) is 2.52. The molecule has 7 nitrogen and oxygen atoms in total. The van der Waals surface area contributed by atoms with Gasteiger partial charge in [-0.3, -0.25) is 4.79 Å². The maximum absolute atomic E-state index is 13.4. The highest BCUT2D eigenvalue weighted by molar-refractivity contribution is 6.02. The van der Waals surface area contributed by atoms with Crippen molar-refractivity contribution in [2.75, 3.05) is 0 Å². The van der Waals surface area contributed by atoms with Crippen LogP contribution >= 0.6 is 0 Å². The van der Waals surface area contributed by atoms with Crippen molar-refractivity contribution in [3.8, 4) is 11.1 Å². The zero-order chi connectivity index (χ0) is 25.4. The van der Waals surface area contributed by atoms with E-state index in [9.17, 15) is 23.9 Å². The van der Waals surface area contributed by atoms with Crippen molar-refractivity contribution in [3.63, 3.8) is 0 Å². The van der Waals surface area contributed by atoms with E-state index in [0.29, 0.717) is 22.1 Å². The lowest BCUT2D eigenvalue weighted by Gasteiger charge is -2.20. The molecule has 0 aliphatic rings.